The van der Waals surface area contributed by atoms with Crippen LogP contribution in [0.25, 0.3) is 0 Å². The lowest BCUT2D eigenvalue weighted by Gasteiger charge is -2.32. The van der Waals surface area contributed by atoms with Gasteiger partial charge in [0.25, 0.3) is 5.56 Å². The first-order valence-electron chi connectivity index (χ1n) is 10.8. The van der Waals surface area contributed by atoms with E-state index in [1.54, 1.807) is 15.7 Å². The standard InChI is InChI=1S/C21H33N3O5S/c1-16(2)29-21(26)23-11-6-17(7-12-23)5-4-10-22-13-8-18-15-24(30(3,27)28)14-9-19(18)20(22)25/h8,13,16-17H,4-7,9-12,14-15H2,1-3H3. The van der Waals surface area contributed by atoms with Crippen molar-refractivity contribution in [3.05, 3.63) is 33.7 Å². The average molecular weight is 440 g/mol. The molecule has 0 bridgehead atoms. The molecule has 3 heterocycles. The lowest BCUT2D eigenvalue weighted by Crippen LogP contribution is -2.40. The summed E-state index contributed by atoms with van der Waals surface area (Å²) in [6.07, 6.45) is 7.01. The summed E-state index contributed by atoms with van der Waals surface area (Å²) in [6, 6.07) is 1.88. The van der Waals surface area contributed by atoms with Gasteiger partial charge in [-0.3, -0.25) is 4.79 Å². The molecule has 1 aromatic heterocycles. The molecule has 3 rings (SSSR count). The van der Waals surface area contributed by atoms with Gasteiger partial charge in [-0.05, 0) is 63.5 Å². The second-order valence-corrected chi connectivity index (χ2v) is 10.7. The summed E-state index contributed by atoms with van der Waals surface area (Å²) in [7, 11) is -3.24. The Bertz CT molecular complexity index is 917. The third-order valence-corrected chi connectivity index (χ3v) is 7.26. The Morgan fingerprint density at radius 2 is 1.93 bits per heavy atom. The monoisotopic (exact) mass is 439 g/mol. The molecule has 2 aliphatic heterocycles. The van der Waals surface area contributed by atoms with Crippen molar-refractivity contribution in [1.82, 2.24) is 13.8 Å². The fourth-order valence-electron chi connectivity index (χ4n) is 4.27. The van der Waals surface area contributed by atoms with Gasteiger partial charge >= 0.3 is 6.09 Å². The molecular weight excluding hydrogens is 406 g/mol. The Morgan fingerprint density at radius 1 is 1.23 bits per heavy atom. The lowest BCUT2D eigenvalue weighted by molar-refractivity contribution is 0.0645. The van der Waals surface area contributed by atoms with Crippen LogP contribution in [0.15, 0.2) is 17.1 Å². The molecule has 2 aliphatic rings. The van der Waals surface area contributed by atoms with Gasteiger partial charge in [-0.25, -0.2) is 13.2 Å². The smallest absolute Gasteiger partial charge is 0.410 e. The number of carbonyl (C=O) groups is 1. The van der Waals surface area contributed by atoms with E-state index in [9.17, 15) is 18.0 Å². The number of ether oxygens (including phenoxy) is 1. The number of aryl methyl sites for hydroxylation is 1. The predicted octanol–water partition coefficient (Wildman–Crippen LogP) is 2.20. The number of sulfonamides is 1. The Kier molecular flexibility index (Phi) is 7.23. The summed E-state index contributed by atoms with van der Waals surface area (Å²) in [5, 5.41) is 0. The van der Waals surface area contributed by atoms with Crippen molar-refractivity contribution < 1.29 is 17.9 Å². The van der Waals surface area contributed by atoms with E-state index in [1.807, 2.05) is 19.9 Å². The van der Waals surface area contributed by atoms with Gasteiger partial charge in [-0.15, -0.1) is 0 Å². The maximum atomic E-state index is 12.8. The minimum Gasteiger partial charge on any atom is -0.447 e. The summed E-state index contributed by atoms with van der Waals surface area (Å²) < 4.78 is 31.9. The van der Waals surface area contributed by atoms with Crippen LogP contribution in [-0.2, 0) is 34.3 Å². The molecule has 1 fully saturated rings. The van der Waals surface area contributed by atoms with Crippen LogP contribution >= 0.6 is 0 Å². The van der Waals surface area contributed by atoms with Crippen LogP contribution in [0.3, 0.4) is 0 Å². The fourth-order valence-corrected chi connectivity index (χ4v) is 5.07. The van der Waals surface area contributed by atoms with Crippen LogP contribution in [-0.4, -0.2) is 60.3 Å². The zero-order valence-corrected chi connectivity index (χ0v) is 19.0. The Morgan fingerprint density at radius 3 is 2.57 bits per heavy atom. The summed E-state index contributed by atoms with van der Waals surface area (Å²) in [4.78, 5) is 26.6. The first-order chi connectivity index (χ1) is 14.1. The quantitative estimate of drug-likeness (QED) is 0.678. The van der Waals surface area contributed by atoms with E-state index >= 15 is 0 Å². The normalized spacial score (nSPS) is 18.5. The maximum absolute atomic E-state index is 12.8. The van der Waals surface area contributed by atoms with Crippen LogP contribution in [0.1, 0.15) is 50.7 Å². The van der Waals surface area contributed by atoms with E-state index in [0.29, 0.717) is 25.4 Å². The van der Waals surface area contributed by atoms with Crippen molar-refractivity contribution in [3.8, 4) is 0 Å². The molecule has 9 heteroatoms. The van der Waals surface area contributed by atoms with Crippen LogP contribution in [0, 0.1) is 5.92 Å². The van der Waals surface area contributed by atoms with Crippen molar-refractivity contribution >= 4 is 16.1 Å². The van der Waals surface area contributed by atoms with Crippen LogP contribution in [0.2, 0.25) is 0 Å². The van der Waals surface area contributed by atoms with Crippen molar-refractivity contribution in [2.75, 3.05) is 25.9 Å². The van der Waals surface area contributed by atoms with Gasteiger partial charge in [-0.2, -0.15) is 4.31 Å². The molecular formula is C21H33N3O5S. The van der Waals surface area contributed by atoms with Gasteiger partial charge in [0.2, 0.25) is 10.0 Å². The second kappa shape index (κ2) is 9.51. The van der Waals surface area contributed by atoms with E-state index in [0.717, 1.165) is 49.9 Å². The lowest BCUT2D eigenvalue weighted by atomic mass is 9.92. The number of hydrogen-bond donors (Lipinski definition) is 0. The van der Waals surface area contributed by atoms with Crippen molar-refractivity contribution in [1.29, 1.82) is 0 Å². The highest BCUT2D eigenvalue weighted by Crippen LogP contribution is 2.23. The number of piperidine rings is 1. The molecule has 1 amide bonds. The number of pyridine rings is 1. The van der Waals surface area contributed by atoms with E-state index in [1.165, 1.54) is 10.6 Å². The van der Waals surface area contributed by atoms with Gasteiger partial charge in [-0.1, -0.05) is 0 Å². The number of amides is 1. The average Bonchev–Trinajstić information content (AvgIpc) is 2.69. The fraction of sp³-hybridized carbons (Fsp3) is 0.714. The van der Waals surface area contributed by atoms with E-state index < -0.39 is 10.0 Å². The van der Waals surface area contributed by atoms with Crippen molar-refractivity contribution in [2.24, 2.45) is 5.92 Å². The molecule has 168 valence electrons. The largest absolute Gasteiger partial charge is 0.447 e. The molecule has 0 radical (unpaired) electrons. The number of likely N-dealkylation sites (tertiary alicyclic amines) is 1. The first-order valence-corrected chi connectivity index (χ1v) is 12.6. The number of fused-ring (bicyclic) bond motifs is 1. The van der Waals surface area contributed by atoms with Crippen LogP contribution in [0.5, 0.6) is 0 Å². The summed E-state index contributed by atoms with van der Waals surface area (Å²) >= 11 is 0. The topological polar surface area (TPSA) is 88.9 Å². The molecule has 1 saturated heterocycles. The molecule has 0 aromatic carbocycles. The molecule has 0 aliphatic carbocycles. The molecule has 0 spiro atoms. The molecule has 0 N–H and O–H groups in total. The molecule has 0 saturated carbocycles. The number of nitrogens with zero attached hydrogens (tertiary/aromatic N) is 3. The molecule has 30 heavy (non-hydrogen) atoms. The molecule has 1 aromatic rings. The van der Waals surface area contributed by atoms with Crippen LogP contribution in [0.4, 0.5) is 4.79 Å². The van der Waals surface area contributed by atoms with Crippen molar-refractivity contribution in [2.45, 2.75) is 65.1 Å². The minimum absolute atomic E-state index is 0.00639. The third-order valence-electron chi connectivity index (χ3n) is 6.01. The van der Waals surface area contributed by atoms with Gasteiger partial charge in [0, 0.05) is 44.5 Å². The van der Waals surface area contributed by atoms with Gasteiger partial charge in [0.05, 0.1) is 12.4 Å². The van der Waals surface area contributed by atoms with E-state index in [2.05, 4.69) is 0 Å². The summed E-state index contributed by atoms with van der Waals surface area (Å²) in [5.74, 6) is 0.560. The van der Waals surface area contributed by atoms with Gasteiger partial charge < -0.3 is 14.2 Å². The minimum atomic E-state index is -3.24. The predicted molar refractivity (Wildman–Crippen MR) is 115 cm³/mol. The zero-order valence-electron chi connectivity index (χ0n) is 18.2. The summed E-state index contributed by atoms with van der Waals surface area (Å²) in [5.41, 5.74) is 1.56. The van der Waals surface area contributed by atoms with Crippen LogP contribution < -0.4 is 5.56 Å². The van der Waals surface area contributed by atoms with E-state index in [-0.39, 0.29) is 24.3 Å². The van der Waals surface area contributed by atoms with Gasteiger partial charge in [0.15, 0.2) is 0 Å². The highest BCUT2D eigenvalue weighted by Gasteiger charge is 2.26. The van der Waals surface area contributed by atoms with Gasteiger partial charge in [0.1, 0.15) is 0 Å². The summed E-state index contributed by atoms with van der Waals surface area (Å²) in [6.45, 7) is 6.48. The first kappa shape index (κ1) is 22.8. The number of rotatable bonds is 6. The Balaban J connectivity index is 1.49. The Labute approximate surface area is 178 Å². The number of aromatic nitrogens is 1. The zero-order chi connectivity index (χ0) is 21.9. The molecule has 0 atom stereocenters. The number of carbonyl (C=O) groups excluding carboxylic acids is 1. The third kappa shape index (κ3) is 5.63. The highest BCUT2D eigenvalue weighted by molar-refractivity contribution is 7.88. The van der Waals surface area contributed by atoms with Crippen molar-refractivity contribution in [3.63, 3.8) is 0 Å². The maximum Gasteiger partial charge on any atom is 0.410 e. The second-order valence-electron chi connectivity index (χ2n) is 8.67. The highest BCUT2D eigenvalue weighted by atomic mass is 32.2. The number of hydrogen-bond acceptors (Lipinski definition) is 5. The van der Waals surface area contributed by atoms with E-state index in [4.69, 9.17) is 4.74 Å². The molecule has 0 unspecified atom stereocenters. The Hall–Kier alpha value is -1.87. The SMILES string of the molecule is CC(C)OC(=O)N1CCC(CCCn2ccc3c(c2=O)CCN(S(C)(=O)=O)C3)CC1. The molecule has 8 nitrogen and oxygen atoms in total.